The van der Waals surface area contributed by atoms with Gasteiger partial charge in [0.2, 0.25) is 0 Å². The predicted molar refractivity (Wildman–Crippen MR) is 141 cm³/mol. The lowest BCUT2D eigenvalue weighted by Crippen LogP contribution is -2.53. The SMILES string of the molecule is COc1cc(N2CCN(C3CCN(c4ccc(F)c5cccnc45)CC3)CC2)c2ncccc2c1O. The third-order valence-corrected chi connectivity index (χ3v) is 7.70. The van der Waals surface area contributed by atoms with Crippen LogP contribution < -0.4 is 14.5 Å². The van der Waals surface area contributed by atoms with Gasteiger partial charge in [0.25, 0.3) is 0 Å². The molecule has 0 aliphatic carbocycles. The van der Waals surface area contributed by atoms with Crippen molar-refractivity contribution in [3.05, 3.63) is 60.7 Å². The summed E-state index contributed by atoms with van der Waals surface area (Å²) in [6, 6.07) is 13.2. The molecule has 7 nitrogen and oxygen atoms in total. The number of aromatic hydroxyl groups is 1. The molecule has 6 rings (SSSR count). The predicted octanol–water partition coefficient (Wildman–Crippen LogP) is 4.43. The van der Waals surface area contributed by atoms with E-state index < -0.39 is 0 Å². The molecule has 2 aromatic heterocycles. The summed E-state index contributed by atoms with van der Waals surface area (Å²) >= 11 is 0. The molecule has 2 saturated heterocycles. The number of piperazine rings is 1. The second-order valence-electron chi connectivity index (χ2n) is 9.55. The number of aromatic nitrogens is 2. The topological polar surface area (TPSA) is 65.0 Å². The van der Waals surface area contributed by atoms with Gasteiger partial charge in [-0.15, -0.1) is 0 Å². The van der Waals surface area contributed by atoms with E-state index in [2.05, 4.69) is 24.7 Å². The fraction of sp³-hybridized carbons (Fsp3) is 0.357. The van der Waals surface area contributed by atoms with E-state index in [0.717, 1.165) is 74.5 Å². The highest BCUT2D eigenvalue weighted by atomic mass is 19.1. The zero-order valence-corrected chi connectivity index (χ0v) is 20.4. The monoisotopic (exact) mass is 487 g/mol. The molecular weight excluding hydrogens is 457 g/mol. The van der Waals surface area contributed by atoms with E-state index in [1.54, 1.807) is 37.7 Å². The molecule has 4 heterocycles. The summed E-state index contributed by atoms with van der Waals surface area (Å²) in [4.78, 5) is 16.3. The van der Waals surface area contributed by atoms with E-state index in [9.17, 15) is 9.50 Å². The number of methoxy groups -OCH3 is 1. The molecule has 0 radical (unpaired) electrons. The van der Waals surface area contributed by atoms with E-state index in [1.807, 2.05) is 24.3 Å². The number of phenols is 1. The molecule has 1 N–H and O–H groups in total. The van der Waals surface area contributed by atoms with E-state index in [1.165, 1.54) is 0 Å². The van der Waals surface area contributed by atoms with Crippen LogP contribution in [0.4, 0.5) is 15.8 Å². The van der Waals surface area contributed by atoms with Gasteiger partial charge in [0.1, 0.15) is 5.82 Å². The van der Waals surface area contributed by atoms with E-state index in [-0.39, 0.29) is 11.6 Å². The fourth-order valence-corrected chi connectivity index (χ4v) is 5.77. The molecular formula is C28H30FN5O2. The lowest BCUT2D eigenvalue weighted by molar-refractivity contribution is 0.160. The van der Waals surface area contributed by atoms with Crippen molar-refractivity contribution in [3.63, 3.8) is 0 Å². The van der Waals surface area contributed by atoms with Crippen LogP contribution in [0.2, 0.25) is 0 Å². The van der Waals surface area contributed by atoms with Crippen LogP contribution in [0.3, 0.4) is 0 Å². The number of pyridine rings is 2. The third kappa shape index (κ3) is 3.95. The van der Waals surface area contributed by atoms with Crippen LogP contribution in [0.1, 0.15) is 12.8 Å². The number of nitrogens with zero attached hydrogens (tertiary/aromatic N) is 5. The second-order valence-corrected chi connectivity index (χ2v) is 9.55. The van der Waals surface area contributed by atoms with Gasteiger partial charge in [-0.1, -0.05) is 0 Å². The Morgan fingerprint density at radius 1 is 0.833 bits per heavy atom. The number of benzene rings is 2. The summed E-state index contributed by atoms with van der Waals surface area (Å²) in [5.74, 6) is 0.394. The maximum absolute atomic E-state index is 14.2. The average Bonchev–Trinajstić information content (AvgIpc) is 2.94. The molecule has 2 aliphatic rings. The minimum Gasteiger partial charge on any atom is -0.504 e. The zero-order valence-electron chi connectivity index (χ0n) is 20.4. The van der Waals surface area contributed by atoms with Crippen LogP contribution in [0.15, 0.2) is 54.9 Å². The van der Waals surface area contributed by atoms with Gasteiger partial charge in [-0.3, -0.25) is 14.9 Å². The summed E-state index contributed by atoms with van der Waals surface area (Å²) in [6.07, 6.45) is 5.65. The normalized spacial score (nSPS) is 17.7. The van der Waals surface area contributed by atoms with Crippen LogP contribution in [0.25, 0.3) is 21.8 Å². The highest BCUT2D eigenvalue weighted by Gasteiger charge is 2.29. The summed E-state index contributed by atoms with van der Waals surface area (Å²) in [7, 11) is 1.58. The highest BCUT2D eigenvalue weighted by molar-refractivity contribution is 5.97. The Balaban J connectivity index is 1.13. The first-order chi connectivity index (χ1) is 17.6. The number of ether oxygens (including phenoxy) is 1. The van der Waals surface area contributed by atoms with Crippen LogP contribution in [0.5, 0.6) is 11.5 Å². The first-order valence-electron chi connectivity index (χ1n) is 12.6. The number of fused-ring (bicyclic) bond motifs is 2. The van der Waals surface area contributed by atoms with Crippen LogP contribution >= 0.6 is 0 Å². The molecule has 4 aromatic rings. The molecule has 2 fully saturated rings. The van der Waals surface area contributed by atoms with E-state index in [4.69, 9.17) is 4.74 Å². The Morgan fingerprint density at radius 3 is 2.17 bits per heavy atom. The number of hydrogen-bond acceptors (Lipinski definition) is 7. The average molecular weight is 488 g/mol. The van der Waals surface area contributed by atoms with Crippen molar-refractivity contribution in [2.24, 2.45) is 0 Å². The van der Waals surface area contributed by atoms with Crippen molar-refractivity contribution in [1.82, 2.24) is 14.9 Å². The molecule has 0 amide bonds. The van der Waals surface area contributed by atoms with Gasteiger partial charge in [-0.05, 0) is 49.2 Å². The number of halogens is 1. The molecule has 186 valence electrons. The Bertz CT molecular complexity index is 1400. The van der Waals surface area contributed by atoms with Crippen LogP contribution in [-0.4, -0.2) is 72.4 Å². The fourth-order valence-electron chi connectivity index (χ4n) is 5.77. The van der Waals surface area contributed by atoms with Gasteiger partial charge >= 0.3 is 0 Å². The quantitative estimate of drug-likeness (QED) is 0.457. The Hall–Kier alpha value is -3.65. The first kappa shape index (κ1) is 22.8. The van der Waals surface area contributed by atoms with Crippen molar-refractivity contribution < 1.29 is 14.2 Å². The van der Waals surface area contributed by atoms with E-state index in [0.29, 0.717) is 22.6 Å². The largest absolute Gasteiger partial charge is 0.504 e. The number of anilines is 2. The molecule has 36 heavy (non-hydrogen) atoms. The maximum atomic E-state index is 14.2. The second kappa shape index (κ2) is 9.43. The van der Waals surface area contributed by atoms with Gasteiger partial charge < -0.3 is 19.6 Å². The molecule has 0 saturated carbocycles. The van der Waals surface area contributed by atoms with Gasteiger partial charge in [0.05, 0.1) is 29.5 Å². The van der Waals surface area contributed by atoms with Crippen molar-refractivity contribution in [3.8, 4) is 11.5 Å². The van der Waals surface area contributed by atoms with Crippen molar-refractivity contribution in [2.75, 3.05) is 56.2 Å². The lowest BCUT2D eigenvalue weighted by atomic mass is 10.0. The number of rotatable bonds is 4. The molecule has 0 spiro atoms. The molecule has 8 heteroatoms. The number of hydrogen-bond donors (Lipinski definition) is 1. The smallest absolute Gasteiger partial charge is 0.167 e. The standard InChI is InChI=1S/C28H30FN5O2/c1-36-25-18-24(27-21(28(25)35)5-3-11-31-27)34-16-14-32(15-17-34)19-8-12-33(13-9-19)23-7-6-22(29)20-4-2-10-30-26(20)23/h2-7,10-11,18-19,35H,8-9,12-17H2,1H3. The van der Waals surface area contributed by atoms with Gasteiger partial charge in [0.15, 0.2) is 11.5 Å². The van der Waals surface area contributed by atoms with Crippen LogP contribution in [0, 0.1) is 5.82 Å². The summed E-state index contributed by atoms with van der Waals surface area (Å²) < 4.78 is 19.7. The molecule has 0 atom stereocenters. The molecule has 2 aromatic carbocycles. The van der Waals surface area contributed by atoms with Crippen LogP contribution in [-0.2, 0) is 0 Å². The Morgan fingerprint density at radius 2 is 1.47 bits per heavy atom. The number of piperidine rings is 1. The summed E-state index contributed by atoms with van der Waals surface area (Å²) in [6.45, 7) is 5.61. The van der Waals surface area contributed by atoms with Crippen molar-refractivity contribution in [1.29, 1.82) is 0 Å². The molecule has 2 aliphatic heterocycles. The minimum absolute atomic E-state index is 0.138. The molecule has 0 unspecified atom stereocenters. The zero-order chi connectivity index (χ0) is 24.6. The third-order valence-electron chi connectivity index (χ3n) is 7.70. The van der Waals surface area contributed by atoms with Gasteiger partial charge in [-0.25, -0.2) is 4.39 Å². The highest BCUT2D eigenvalue weighted by Crippen LogP contribution is 2.40. The molecule has 0 bridgehead atoms. The van der Waals surface area contributed by atoms with Gasteiger partial charge in [-0.2, -0.15) is 0 Å². The Kier molecular flexibility index (Phi) is 5.97. The first-order valence-corrected chi connectivity index (χ1v) is 12.6. The number of phenolic OH excluding ortho intramolecular Hbond substituents is 1. The van der Waals surface area contributed by atoms with Crippen molar-refractivity contribution >= 4 is 33.2 Å². The lowest BCUT2D eigenvalue weighted by Gasteiger charge is -2.44. The maximum Gasteiger partial charge on any atom is 0.167 e. The van der Waals surface area contributed by atoms with Crippen molar-refractivity contribution in [2.45, 2.75) is 18.9 Å². The Labute approximate surface area is 209 Å². The summed E-state index contributed by atoms with van der Waals surface area (Å²) in [5, 5.41) is 11.8. The minimum atomic E-state index is -0.219. The van der Waals surface area contributed by atoms with E-state index >= 15 is 0 Å². The summed E-state index contributed by atoms with van der Waals surface area (Å²) in [5.41, 5.74) is 3.58. The van der Waals surface area contributed by atoms with Gasteiger partial charge in [0, 0.05) is 74.5 Å².